The molecule has 0 radical (unpaired) electrons. The highest BCUT2D eigenvalue weighted by atomic mass is 16.2. The van der Waals surface area contributed by atoms with E-state index in [0.29, 0.717) is 6.67 Å². The molecule has 1 spiro atoms. The minimum atomic E-state index is -0.608. The smallest absolute Gasteiger partial charge is 0.323 e. The minimum absolute atomic E-state index is 0.0129. The molecule has 2 heterocycles. The van der Waals surface area contributed by atoms with Crippen LogP contribution < -0.4 is 5.32 Å². The molecule has 1 aromatic carbocycles. The standard InChI is InChI=1S/C18H23N3O2/c22-16-18(9-4-1-5-10-18)19-17(23)21(16)13-20-11-8-14-6-2-3-7-15(14)12-20/h2-3,6-7H,1,4-5,8-13H2,(H,19,23). The van der Waals surface area contributed by atoms with Crippen LogP contribution >= 0.6 is 0 Å². The number of hydrogen-bond acceptors (Lipinski definition) is 3. The van der Waals surface area contributed by atoms with Crippen molar-refractivity contribution in [3.8, 4) is 0 Å². The minimum Gasteiger partial charge on any atom is -0.323 e. The Labute approximate surface area is 136 Å². The summed E-state index contributed by atoms with van der Waals surface area (Å²) in [5.74, 6) is -0.0129. The number of carbonyl (C=O) groups excluding carboxylic acids is 2. The molecule has 1 saturated carbocycles. The lowest BCUT2D eigenvalue weighted by molar-refractivity contribution is -0.134. The van der Waals surface area contributed by atoms with Crippen LogP contribution in [0.5, 0.6) is 0 Å². The third kappa shape index (κ3) is 2.53. The Morgan fingerprint density at radius 3 is 2.57 bits per heavy atom. The van der Waals surface area contributed by atoms with Gasteiger partial charge in [-0.3, -0.25) is 9.69 Å². The SMILES string of the molecule is O=C1NC2(CCCCC2)C(=O)N1CN1CCc2ccccc2C1. The number of benzene rings is 1. The Morgan fingerprint density at radius 2 is 1.78 bits per heavy atom. The van der Waals surface area contributed by atoms with Crippen LogP contribution in [0, 0.1) is 0 Å². The predicted molar refractivity (Wildman–Crippen MR) is 86.6 cm³/mol. The van der Waals surface area contributed by atoms with Crippen LogP contribution in [0.15, 0.2) is 24.3 Å². The first kappa shape index (κ1) is 14.7. The highest BCUT2D eigenvalue weighted by Crippen LogP contribution is 2.34. The predicted octanol–water partition coefficient (Wildman–Crippen LogP) is 2.26. The summed E-state index contributed by atoms with van der Waals surface area (Å²) < 4.78 is 0. The van der Waals surface area contributed by atoms with Crippen molar-refractivity contribution < 1.29 is 9.59 Å². The van der Waals surface area contributed by atoms with Crippen LogP contribution in [0.2, 0.25) is 0 Å². The summed E-state index contributed by atoms with van der Waals surface area (Å²) in [6.45, 7) is 2.10. The van der Waals surface area contributed by atoms with Gasteiger partial charge in [0.1, 0.15) is 5.54 Å². The molecule has 2 fully saturated rings. The number of fused-ring (bicyclic) bond motifs is 1. The van der Waals surface area contributed by atoms with Crippen LogP contribution in [0.4, 0.5) is 4.79 Å². The Bertz CT molecular complexity index is 637. The second-order valence-electron chi connectivity index (χ2n) is 7.02. The zero-order valence-electron chi connectivity index (χ0n) is 13.4. The molecule has 1 N–H and O–H groups in total. The molecule has 2 aliphatic heterocycles. The van der Waals surface area contributed by atoms with E-state index < -0.39 is 5.54 Å². The van der Waals surface area contributed by atoms with Crippen LogP contribution in [0.3, 0.4) is 0 Å². The molecule has 1 aliphatic carbocycles. The molecule has 23 heavy (non-hydrogen) atoms. The summed E-state index contributed by atoms with van der Waals surface area (Å²) in [7, 11) is 0. The molecule has 0 aromatic heterocycles. The summed E-state index contributed by atoms with van der Waals surface area (Å²) in [5, 5.41) is 2.99. The topological polar surface area (TPSA) is 52.7 Å². The molecule has 0 bridgehead atoms. The van der Waals surface area contributed by atoms with Crippen LogP contribution in [-0.4, -0.2) is 40.5 Å². The zero-order chi connectivity index (χ0) is 15.9. The van der Waals surface area contributed by atoms with Crippen molar-refractivity contribution in [2.75, 3.05) is 13.2 Å². The van der Waals surface area contributed by atoms with Gasteiger partial charge in [0.05, 0.1) is 6.67 Å². The van der Waals surface area contributed by atoms with E-state index in [4.69, 9.17) is 0 Å². The van der Waals surface area contributed by atoms with E-state index in [9.17, 15) is 9.59 Å². The average molecular weight is 313 g/mol. The summed E-state index contributed by atoms with van der Waals surface area (Å²) in [6.07, 6.45) is 5.76. The first-order chi connectivity index (χ1) is 11.2. The quantitative estimate of drug-likeness (QED) is 0.852. The van der Waals surface area contributed by atoms with Crippen molar-refractivity contribution in [2.45, 2.75) is 50.6 Å². The maximum Gasteiger partial charge on any atom is 0.326 e. The first-order valence-electron chi connectivity index (χ1n) is 8.61. The number of urea groups is 1. The first-order valence-corrected chi connectivity index (χ1v) is 8.61. The Kier molecular flexibility index (Phi) is 3.60. The molecular formula is C18H23N3O2. The van der Waals surface area contributed by atoms with Crippen LogP contribution in [0.1, 0.15) is 43.2 Å². The maximum atomic E-state index is 12.8. The maximum absolute atomic E-state index is 12.8. The molecule has 3 aliphatic rings. The number of rotatable bonds is 2. The van der Waals surface area contributed by atoms with E-state index in [1.807, 2.05) is 6.07 Å². The Balaban J connectivity index is 1.47. The summed E-state index contributed by atoms with van der Waals surface area (Å²) >= 11 is 0. The zero-order valence-corrected chi connectivity index (χ0v) is 13.4. The van der Waals surface area contributed by atoms with Gasteiger partial charge in [0, 0.05) is 13.1 Å². The van der Waals surface area contributed by atoms with Gasteiger partial charge >= 0.3 is 6.03 Å². The van der Waals surface area contributed by atoms with E-state index in [2.05, 4.69) is 28.4 Å². The summed E-state index contributed by atoms with van der Waals surface area (Å²) in [4.78, 5) is 28.8. The number of imide groups is 1. The van der Waals surface area contributed by atoms with Crippen molar-refractivity contribution in [3.05, 3.63) is 35.4 Å². The van der Waals surface area contributed by atoms with Gasteiger partial charge in [-0.1, -0.05) is 43.5 Å². The van der Waals surface area contributed by atoms with Gasteiger partial charge in [0.15, 0.2) is 0 Å². The molecular weight excluding hydrogens is 290 g/mol. The van der Waals surface area contributed by atoms with Crippen molar-refractivity contribution >= 4 is 11.9 Å². The Hall–Kier alpha value is -1.88. The number of nitrogens with zero attached hydrogens (tertiary/aromatic N) is 2. The lowest BCUT2D eigenvalue weighted by Gasteiger charge is -2.33. The van der Waals surface area contributed by atoms with E-state index in [1.54, 1.807) is 0 Å². The fraction of sp³-hybridized carbons (Fsp3) is 0.556. The molecule has 1 saturated heterocycles. The average Bonchev–Trinajstić information content (AvgIpc) is 2.80. The third-order valence-corrected chi connectivity index (χ3v) is 5.50. The van der Waals surface area contributed by atoms with Gasteiger partial charge in [-0.2, -0.15) is 0 Å². The normalized spacial score (nSPS) is 23.9. The van der Waals surface area contributed by atoms with Gasteiger partial charge in [0.25, 0.3) is 5.91 Å². The van der Waals surface area contributed by atoms with E-state index in [1.165, 1.54) is 16.0 Å². The molecule has 5 heteroatoms. The molecule has 122 valence electrons. The highest BCUT2D eigenvalue weighted by Gasteiger charge is 2.51. The van der Waals surface area contributed by atoms with Gasteiger partial charge in [-0.25, -0.2) is 9.69 Å². The van der Waals surface area contributed by atoms with E-state index in [-0.39, 0.29) is 11.9 Å². The van der Waals surface area contributed by atoms with Crippen LogP contribution in [-0.2, 0) is 17.8 Å². The van der Waals surface area contributed by atoms with E-state index in [0.717, 1.165) is 51.6 Å². The number of nitrogens with one attached hydrogen (secondary N) is 1. The van der Waals surface area contributed by atoms with Gasteiger partial charge < -0.3 is 5.32 Å². The van der Waals surface area contributed by atoms with Crippen molar-refractivity contribution in [2.24, 2.45) is 0 Å². The second-order valence-corrected chi connectivity index (χ2v) is 7.02. The molecule has 5 nitrogen and oxygen atoms in total. The van der Waals surface area contributed by atoms with Gasteiger partial charge in [-0.05, 0) is 30.4 Å². The summed E-state index contributed by atoms with van der Waals surface area (Å²) in [5.41, 5.74) is 2.08. The highest BCUT2D eigenvalue weighted by molar-refractivity contribution is 6.07. The van der Waals surface area contributed by atoms with Crippen LogP contribution in [0.25, 0.3) is 0 Å². The van der Waals surface area contributed by atoms with Crippen molar-refractivity contribution in [1.82, 2.24) is 15.1 Å². The van der Waals surface area contributed by atoms with Gasteiger partial charge in [0.2, 0.25) is 0 Å². The monoisotopic (exact) mass is 313 g/mol. The molecule has 4 rings (SSSR count). The number of hydrogen-bond donors (Lipinski definition) is 1. The lowest BCUT2D eigenvalue weighted by Crippen LogP contribution is -2.49. The van der Waals surface area contributed by atoms with Crippen molar-refractivity contribution in [3.63, 3.8) is 0 Å². The number of carbonyl (C=O) groups is 2. The second kappa shape index (κ2) is 5.64. The Morgan fingerprint density at radius 1 is 1.04 bits per heavy atom. The third-order valence-electron chi connectivity index (χ3n) is 5.50. The molecule has 1 aromatic rings. The molecule has 0 unspecified atom stereocenters. The molecule has 0 atom stereocenters. The van der Waals surface area contributed by atoms with Crippen molar-refractivity contribution in [1.29, 1.82) is 0 Å². The number of amides is 3. The molecule has 3 amide bonds. The fourth-order valence-electron chi connectivity index (χ4n) is 4.17. The van der Waals surface area contributed by atoms with E-state index >= 15 is 0 Å². The largest absolute Gasteiger partial charge is 0.326 e. The fourth-order valence-corrected chi connectivity index (χ4v) is 4.17. The van der Waals surface area contributed by atoms with Gasteiger partial charge in [-0.15, -0.1) is 0 Å². The summed E-state index contributed by atoms with van der Waals surface area (Å²) in [6, 6.07) is 8.20. The lowest BCUT2D eigenvalue weighted by atomic mass is 9.82.